The quantitative estimate of drug-likeness (QED) is 0.787. The molecule has 0 radical (unpaired) electrons. The maximum absolute atomic E-state index is 4.15. The molecule has 3 nitrogen and oxygen atoms in total. The summed E-state index contributed by atoms with van der Waals surface area (Å²) in [6, 6.07) is 0. The average Bonchev–Trinajstić information content (AvgIpc) is 2.65. The first kappa shape index (κ1) is 13.0. The van der Waals surface area contributed by atoms with Crippen LogP contribution >= 0.6 is 0 Å². The Morgan fingerprint density at radius 1 is 1.41 bits per heavy atom. The summed E-state index contributed by atoms with van der Waals surface area (Å²) >= 11 is 0. The van der Waals surface area contributed by atoms with Crippen LogP contribution in [0.2, 0.25) is 0 Å². The number of rotatable bonds is 5. The highest BCUT2D eigenvalue weighted by Crippen LogP contribution is 2.15. The summed E-state index contributed by atoms with van der Waals surface area (Å²) in [5, 5.41) is 7.21. The number of allylic oxidation sites excluding steroid dienone is 5. The average molecular weight is 229 g/mol. The Hall–Kier alpha value is -2.03. The van der Waals surface area contributed by atoms with Gasteiger partial charge in [-0.2, -0.15) is 5.10 Å². The van der Waals surface area contributed by atoms with Crippen molar-refractivity contribution in [3.63, 3.8) is 0 Å². The lowest BCUT2D eigenvalue weighted by Gasteiger charge is -2.03. The van der Waals surface area contributed by atoms with Crippen LogP contribution in [0.25, 0.3) is 5.57 Å². The van der Waals surface area contributed by atoms with E-state index in [0.29, 0.717) is 0 Å². The van der Waals surface area contributed by atoms with Gasteiger partial charge in [0.2, 0.25) is 0 Å². The van der Waals surface area contributed by atoms with Crippen molar-refractivity contribution in [2.45, 2.75) is 13.8 Å². The lowest BCUT2D eigenvalue weighted by molar-refractivity contribution is 0.767. The van der Waals surface area contributed by atoms with Gasteiger partial charge in [0.15, 0.2) is 0 Å². The minimum atomic E-state index is 0.820. The van der Waals surface area contributed by atoms with E-state index in [1.165, 1.54) is 0 Å². The molecule has 0 aromatic carbocycles. The Kier molecular flexibility index (Phi) is 4.52. The summed E-state index contributed by atoms with van der Waals surface area (Å²) in [5.41, 5.74) is 3.90. The van der Waals surface area contributed by atoms with E-state index in [-0.39, 0.29) is 0 Å². The van der Waals surface area contributed by atoms with Gasteiger partial charge in [0.1, 0.15) is 0 Å². The lowest BCUT2D eigenvalue weighted by Crippen LogP contribution is -2.05. The van der Waals surface area contributed by atoms with Crippen molar-refractivity contribution in [3.8, 4) is 0 Å². The summed E-state index contributed by atoms with van der Waals surface area (Å²) in [4.78, 5) is 0. The molecule has 1 aromatic rings. The molecule has 1 aromatic heterocycles. The van der Waals surface area contributed by atoms with Crippen molar-refractivity contribution in [1.82, 2.24) is 15.1 Å². The molecule has 0 aliphatic rings. The molecule has 0 aliphatic carbocycles. The third kappa shape index (κ3) is 4.15. The fourth-order valence-electron chi connectivity index (χ4n) is 1.44. The van der Waals surface area contributed by atoms with E-state index in [1.54, 1.807) is 4.68 Å². The number of aromatic nitrogens is 2. The third-order valence-electron chi connectivity index (χ3n) is 2.19. The molecule has 1 rings (SSSR count). The highest BCUT2D eigenvalue weighted by Gasteiger charge is 1.99. The predicted molar refractivity (Wildman–Crippen MR) is 73.1 cm³/mol. The van der Waals surface area contributed by atoms with E-state index in [2.05, 4.69) is 23.6 Å². The summed E-state index contributed by atoms with van der Waals surface area (Å²) in [6.45, 7) is 11.6. The molecule has 0 atom stereocenters. The van der Waals surface area contributed by atoms with Crippen molar-refractivity contribution >= 4 is 5.57 Å². The number of hydrogen-bond acceptors (Lipinski definition) is 2. The van der Waals surface area contributed by atoms with Crippen LogP contribution < -0.4 is 5.32 Å². The summed E-state index contributed by atoms with van der Waals surface area (Å²) in [5.74, 6) is 0. The molecule has 0 fully saturated rings. The molecule has 90 valence electrons. The van der Waals surface area contributed by atoms with Gasteiger partial charge in [0.25, 0.3) is 0 Å². The van der Waals surface area contributed by atoms with E-state index >= 15 is 0 Å². The Labute approximate surface area is 103 Å². The van der Waals surface area contributed by atoms with Crippen molar-refractivity contribution in [2.24, 2.45) is 7.05 Å². The minimum absolute atomic E-state index is 0.820. The van der Waals surface area contributed by atoms with Crippen molar-refractivity contribution in [2.75, 3.05) is 0 Å². The first-order valence-corrected chi connectivity index (χ1v) is 5.47. The van der Waals surface area contributed by atoms with Gasteiger partial charge < -0.3 is 5.32 Å². The van der Waals surface area contributed by atoms with E-state index in [4.69, 9.17) is 0 Å². The van der Waals surface area contributed by atoms with Crippen LogP contribution in [0.15, 0.2) is 55.2 Å². The van der Waals surface area contributed by atoms with E-state index in [9.17, 15) is 0 Å². The van der Waals surface area contributed by atoms with Crippen LogP contribution in [0.5, 0.6) is 0 Å². The first-order valence-electron chi connectivity index (χ1n) is 5.47. The summed E-state index contributed by atoms with van der Waals surface area (Å²) in [6.07, 6.45) is 9.80. The van der Waals surface area contributed by atoms with Crippen LogP contribution in [0, 0.1) is 0 Å². The maximum atomic E-state index is 4.15. The first-order chi connectivity index (χ1) is 8.02. The van der Waals surface area contributed by atoms with E-state index in [0.717, 1.165) is 22.5 Å². The fourth-order valence-corrected chi connectivity index (χ4v) is 1.44. The second-order valence-corrected chi connectivity index (χ2v) is 3.91. The molecule has 0 aliphatic heterocycles. The predicted octanol–water partition coefficient (Wildman–Crippen LogP) is 3.02. The van der Waals surface area contributed by atoms with Gasteiger partial charge >= 0.3 is 0 Å². The summed E-state index contributed by atoms with van der Waals surface area (Å²) in [7, 11) is 1.90. The number of aryl methyl sites for hydroxylation is 1. The highest BCUT2D eigenvalue weighted by molar-refractivity contribution is 5.73. The Balaban J connectivity index is 2.75. The van der Waals surface area contributed by atoms with E-state index < -0.39 is 0 Å². The second-order valence-electron chi connectivity index (χ2n) is 3.91. The zero-order valence-corrected chi connectivity index (χ0v) is 10.7. The fraction of sp³-hybridized carbons (Fsp3) is 0.214. The highest BCUT2D eigenvalue weighted by atomic mass is 15.2. The Morgan fingerprint density at radius 3 is 2.59 bits per heavy atom. The van der Waals surface area contributed by atoms with Crippen LogP contribution in [0.3, 0.4) is 0 Å². The molecule has 0 bridgehead atoms. The molecule has 0 spiro atoms. The zero-order valence-electron chi connectivity index (χ0n) is 10.7. The zero-order chi connectivity index (χ0) is 12.8. The number of nitrogens with zero attached hydrogens (tertiary/aromatic N) is 2. The lowest BCUT2D eigenvalue weighted by atomic mass is 10.1. The van der Waals surface area contributed by atoms with Crippen molar-refractivity contribution in [3.05, 3.63) is 60.7 Å². The molecule has 0 saturated carbocycles. The standard InChI is InChI=1S/C14H19N3/c1-6-13(14-9-15-17(5)10-14)8-7-12(4)16-11(2)3/h6-10,16H,2,4H2,1,3,5H3/b8-7-,13-6+. The topological polar surface area (TPSA) is 29.9 Å². The molecular weight excluding hydrogens is 210 g/mol. The van der Waals surface area contributed by atoms with Gasteiger partial charge in [-0.15, -0.1) is 0 Å². The molecule has 0 saturated heterocycles. The van der Waals surface area contributed by atoms with Crippen molar-refractivity contribution in [1.29, 1.82) is 0 Å². The smallest absolute Gasteiger partial charge is 0.0568 e. The van der Waals surface area contributed by atoms with Gasteiger partial charge in [-0.25, -0.2) is 0 Å². The van der Waals surface area contributed by atoms with Gasteiger partial charge in [0, 0.05) is 30.2 Å². The van der Waals surface area contributed by atoms with E-state index in [1.807, 2.05) is 51.5 Å². The minimum Gasteiger partial charge on any atom is -0.360 e. The third-order valence-corrected chi connectivity index (χ3v) is 2.19. The van der Waals surface area contributed by atoms with Gasteiger partial charge in [-0.05, 0) is 25.5 Å². The van der Waals surface area contributed by atoms with Crippen LogP contribution in [0.1, 0.15) is 19.4 Å². The monoisotopic (exact) mass is 229 g/mol. The number of nitrogens with one attached hydrogen (secondary N) is 1. The molecule has 1 N–H and O–H groups in total. The summed E-state index contributed by atoms with van der Waals surface area (Å²) < 4.78 is 1.79. The van der Waals surface area contributed by atoms with Crippen molar-refractivity contribution < 1.29 is 0 Å². The number of hydrogen-bond donors (Lipinski definition) is 1. The normalized spacial score (nSPS) is 11.8. The molecule has 17 heavy (non-hydrogen) atoms. The largest absolute Gasteiger partial charge is 0.360 e. The van der Waals surface area contributed by atoms with Crippen LogP contribution in [-0.2, 0) is 7.05 Å². The molecule has 0 amide bonds. The second kappa shape index (κ2) is 5.89. The SMILES string of the molecule is C=C(C)NC(=C)/C=C\C(=C/C)c1cnn(C)c1. The van der Waals surface area contributed by atoms with Gasteiger partial charge in [-0.3, -0.25) is 4.68 Å². The molecule has 3 heteroatoms. The van der Waals surface area contributed by atoms with Crippen LogP contribution in [-0.4, -0.2) is 9.78 Å². The van der Waals surface area contributed by atoms with Crippen LogP contribution in [0.4, 0.5) is 0 Å². The molecular formula is C14H19N3. The molecule has 1 heterocycles. The Morgan fingerprint density at radius 2 is 2.12 bits per heavy atom. The maximum Gasteiger partial charge on any atom is 0.0568 e. The Bertz CT molecular complexity index is 475. The van der Waals surface area contributed by atoms with Gasteiger partial charge in [-0.1, -0.05) is 25.3 Å². The van der Waals surface area contributed by atoms with Gasteiger partial charge in [0.05, 0.1) is 6.20 Å². The molecule has 0 unspecified atom stereocenters.